The maximum Gasteiger partial charge on any atom is 0.375 e. The van der Waals surface area contributed by atoms with Crippen molar-refractivity contribution in [3.8, 4) is 0 Å². The minimum Gasteiger partial charge on any atom is -0.475 e. The zero-order valence-corrected chi connectivity index (χ0v) is 15.6. The molecule has 0 bridgehead atoms. The minimum absolute atomic E-state index is 0.0293. The third-order valence-electron chi connectivity index (χ3n) is 8.22. The van der Waals surface area contributed by atoms with E-state index in [2.05, 4.69) is 0 Å². The van der Waals surface area contributed by atoms with E-state index in [1.54, 1.807) is 19.1 Å². The summed E-state index contributed by atoms with van der Waals surface area (Å²) < 4.78 is 0. The highest BCUT2D eigenvalue weighted by Crippen LogP contribution is 2.67. The molecule has 146 valence electrons. The molecule has 4 rings (SSSR count). The Morgan fingerprint density at radius 3 is 2.59 bits per heavy atom. The van der Waals surface area contributed by atoms with Crippen LogP contribution in [-0.2, 0) is 14.4 Å². The number of ketones is 2. The van der Waals surface area contributed by atoms with Crippen LogP contribution in [0.4, 0.5) is 0 Å². The monoisotopic (exact) mass is 374 g/mol. The first-order valence-corrected chi connectivity index (χ1v) is 9.67. The Morgan fingerprint density at radius 2 is 1.93 bits per heavy atom. The van der Waals surface area contributed by atoms with E-state index in [1.165, 1.54) is 0 Å². The Balaban J connectivity index is 1.75. The smallest absolute Gasteiger partial charge is 0.375 e. The van der Waals surface area contributed by atoms with Crippen molar-refractivity contribution in [1.82, 2.24) is 0 Å². The Hall–Kier alpha value is -1.79. The predicted molar refractivity (Wildman–Crippen MR) is 95.6 cm³/mol. The van der Waals surface area contributed by atoms with Crippen molar-refractivity contribution in [2.24, 2.45) is 28.6 Å². The summed E-state index contributed by atoms with van der Waals surface area (Å²) in [6, 6.07) is 0. The molecule has 3 saturated carbocycles. The van der Waals surface area contributed by atoms with Gasteiger partial charge in [-0.05, 0) is 56.1 Å². The summed E-state index contributed by atoms with van der Waals surface area (Å²) in [7, 11) is 0. The van der Waals surface area contributed by atoms with Crippen molar-refractivity contribution in [1.29, 1.82) is 0 Å². The molecule has 0 heterocycles. The molecule has 6 heteroatoms. The molecule has 6 nitrogen and oxygen atoms in total. The average Bonchev–Trinajstić information content (AvgIpc) is 2.86. The van der Waals surface area contributed by atoms with Crippen molar-refractivity contribution in [2.75, 3.05) is 0 Å². The van der Waals surface area contributed by atoms with Crippen LogP contribution >= 0.6 is 0 Å². The first-order chi connectivity index (χ1) is 12.5. The van der Waals surface area contributed by atoms with Crippen LogP contribution in [-0.4, -0.2) is 44.6 Å². The molecule has 0 spiro atoms. The molecule has 4 aliphatic carbocycles. The van der Waals surface area contributed by atoms with Gasteiger partial charge in [-0.3, -0.25) is 9.59 Å². The van der Waals surface area contributed by atoms with E-state index in [1.807, 2.05) is 13.0 Å². The molecule has 0 aliphatic heterocycles. The van der Waals surface area contributed by atoms with E-state index < -0.39 is 34.3 Å². The van der Waals surface area contributed by atoms with Gasteiger partial charge in [0.25, 0.3) is 5.78 Å². The number of aliphatic hydroxyl groups excluding tert-OH is 1. The molecule has 4 aliphatic rings. The molecule has 3 fully saturated rings. The maximum atomic E-state index is 12.3. The van der Waals surface area contributed by atoms with Crippen LogP contribution in [0.1, 0.15) is 46.0 Å². The van der Waals surface area contributed by atoms with Crippen molar-refractivity contribution in [3.63, 3.8) is 0 Å². The van der Waals surface area contributed by atoms with Gasteiger partial charge in [0.15, 0.2) is 5.78 Å². The number of aliphatic hydroxyl groups is 2. The van der Waals surface area contributed by atoms with Gasteiger partial charge in [-0.15, -0.1) is 0 Å². The van der Waals surface area contributed by atoms with E-state index in [9.17, 15) is 29.7 Å². The largest absolute Gasteiger partial charge is 0.475 e. The van der Waals surface area contributed by atoms with E-state index >= 15 is 0 Å². The first-order valence-electron chi connectivity index (χ1n) is 9.67. The van der Waals surface area contributed by atoms with Crippen LogP contribution in [0.15, 0.2) is 23.8 Å². The summed E-state index contributed by atoms with van der Waals surface area (Å²) in [5, 5.41) is 31.4. The quantitative estimate of drug-likeness (QED) is 0.634. The SMILES string of the molecule is C[C@]12C=CC(=O)C=C1CC[C@@H]1[C@@H]2[C@@H](O)C[C@@]2(C)[C@H]1CC[C@]2(O)C(=O)C(=O)O. The van der Waals surface area contributed by atoms with Gasteiger partial charge in [0, 0.05) is 16.7 Å². The molecular weight excluding hydrogens is 348 g/mol. The average molecular weight is 374 g/mol. The molecular formula is C21H26O6. The Kier molecular flexibility index (Phi) is 3.86. The topological polar surface area (TPSA) is 112 Å². The molecule has 3 N–H and O–H groups in total. The number of rotatable bonds is 2. The van der Waals surface area contributed by atoms with E-state index in [0.717, 1.165) is 18.4 Å². The lowest BCUT2D eigenvalue weighted by molar-refractivity contribution is -0.183. The number of carbonyl (C=O) groups excluding carboxylic acids is 2. The van der Waals surface area contributed by atoms with Crippen molar-refractivity contribution < 1.29 is 29.7 Å². The van der Waals surface area contributed by atoms with Crippen LogP contribution < -0.4 is 0 Å². The number of allylic oxidation sites excluding steroid dienone is 4. The zero-order valence-electron chi connectivity index (χ0n) is 15.6. The second-order valence-corrected chi connectivity index (χ2v) is 9.24. The summed E-state index contributed by atoms with van der Waals surface area (Å²) in [6.45, 7) is 3.81. The van der Waals surface area contributed by atoms with Crippen molar-refractivity contribution in [3.05, 3.63) is 23.8 Å². The van der Waals surface area contributed by atoms with Crippen molar-refractivity contribution >= 4 is 17.5 Å². The van der Waals surface area contributed by atoms with E-state index in [4.69, 9.17) is 0 Å². The van der Waals surface area contributed by atoms with Crippen LogP contribution in [0.25, 0.3) is 0 Å². The highest BCUT2D eigenvalue weighted by atomic mass is 16.4. The zero-order chi connectivity index (χ0) is 19.8. The van der Waals surface area contributed by atoms with E-state index in [-0.39, 0.29) is 36.4 Å². The molecule has 0 unspecified atom stereocenters. The number of fused-ring (bicyclic) bond motifs is 5. The van der Waals surface area contributed by atoms with Crippen LogP contribution in [0.2, 0.25) is 0 Å². The highest BCUT2D eigenvalue weighted by Gasteiger charge is 2.69. The summed E-state index contributed by atoms with van der Waals surface area (Å²) in [6.07, 6.45) is 6.71. The number of carboxylic acid groups (broad SMARTS) is 1. The molecule has 0 aromatic heterocycles. The van der Waals surface area contributed by atoms with E-state index in [0.29, 0.717) is 6.42 Å². The summed E-state index contributed by atoms with van der Waals surface area (Å²) in [4.78, 5) is 35.5. The molecule has 7 atom stereocenters. The van der Waals surface area contributed by atoms with Crippen LogP contribution in [0.3, 0.4) is 0 Å². The molecule has 0 aromatic carbocycles. The number of aliphatic carboxylic acids is 1. The number of carboxylic acids is 1. The molecule has 0 amide bonds. The standard InChI is InChI=1S/C21H26O6/c1-19-7-5-12(22)9-11(19)3-4-13-14-6-8-21(27,17(24)18(25)26)20(14,2)10-15(23)16(13)19/h5,7,9,13-16,23,27H,3-4,6,8,10H2,1-2H3,(H,25,26)/t13-,14-,15-,16+,19-,20-,21-/m0/s1. The van der Waals surface area contributed by atoms with Crippen molar-refractivity contribution in [2.45, 2.75) is 57.7 Å². The fourth-order valence-electron chi connectivity index (χ4n) is 6.88. The summed E-state index contributed by atoms with van der Waals surface area (Å²) in [5.74, 6) is -2.90. The van der Waals surface area contributed by atoms with Gasteiger partial charge < -0.3 is 15.3 Å². The Morgan fingerprint density at radius 1 is 1.22 bits per heavy atom. The second-order valence-electron chi connectivity index (χ2n) is 9.24. The fourth-order valence-corrected chi connectivity index (χ4v) is 6.88. The van der Waals surface area contributed by atoms with Gasteiger partial charge in [-0.1, -0.05) is 25.5 Å². The minimum atomic E-state index is -1.94. The lowest BCUT2D eigenvalue weighted by atomic mass is 9.46. The lowest BCUT2D eigenvalue weighted by Gasteiger charge is -2.59. The van der Waals surface area contributed by atoms with Gasteiger partial charge in [0.05, 0.1) is 6.10 Å². The first kappa shape index (κ1) is 18.6. The predicted octanol–water partition coefficient (Wildman–Crippen LogP) is 1.65. The summed E-state index contributed by atoms with van der Waals surface area (Å²) in [5.41, 5.74) is -2.29. The van der Waals surface area contributed by atoms with Gasteiger partial charge in [0.1, 0.15) is 5.60 Å². The van der Waals surface area contributed by atoms with Gasteiger partial charge in [-0.2, -0.15) is 0 Å². The third kappa shape index (κ3) is 2.23. The lowest BCUT2D eigenvalue weighted by Crippen LogP contribution is -2.62. The number of hydrogen-bond acceptors (Lipinski definition) is 5. The van der Waals surface area contributed by atoms with Crippen LogP contribution in [0.5, 0.6) is 0 Å². The Bertz CT molecular complexity index is 796. The fraction of sp³-hybridized carbons (Fsp3) is 0.667. The van der Waals surface area contributed by atoms with Crippen LogP contribution in [0, 0.1) is 28.6 Å². The molecule has 27 heavy (non-hydrogen) atoms. The normalized spacial score (nSPS) is 48.3. The highest BCUT2D eigenvalue weighted by molar-refractivity contribution is 6.36. The van der Waals surface area contributed by atoms with Gasteiger partial charge >= 0.3 is 5.97 Å². The van der Waals surface area contributed by atoms with Gasteiger partial charge in [-0.25, -0.2) is 4.79 Å². The number of carbonyl (C=O) groups is 3. The molecule has 0 radical (unpaired) electrons. The Labute approximate surface area is 158 Å². The van der Waals surface area contributed by atoms with Gasteiger partial charge in [0.2, 0.25) is 0 Å². The maximum absolute atomic E-state index is 12.3. The third-order valence-corrected chi connectivity index (χ3v) is 8.22. The molecule has 0 aromatic rings. The number of Topliss-reactive ketones (excluding diaryl/α,β-unsaturated/α-hetero) is 1. The molecule has 0 saturated heterocycles. The number of hydrogen-bond donors (Lipinski definition) is 3. The summed E-state index contributed by atoms with van der Waals surface area (Å²) >= 11 is 0. The second kappa shape index (κ2) is 5.61.